The minimum absolute atomic E-state index is 0.0191. The molecule has 2 rings (SSSR count). The molecule has 6 heteroatoms. The van der Waals surface area contributed by atoms with Crippen LogP contribution in [0, 0.1) is 5.82 Å². The SMILES string of the molecule is O=c1c(F)c[nH]cc1-c1cccc(C(F)(F)F)c1. The van der Waals surface area contributed by atoms with Crippen LogP contribution in [0.15, 0.2) is 41.5 Å². The Morgan fingerprint density at radius 1 is 1.11 bits per heavy atom. The molecule has 0 bridgehead atoms. The molecule has 0 radical (unpaired) electrons. The summed E-state index contributed by atoms with van der Waals surface area (Å²) >= 11 is 0. The Labute approximate surface area is 98.9 Å². The first-order valence-electron chi connectivity index (χ1n) is 4.94. The third-order valence-corrected chi connectivity index (χ3v) is 2.40. The molecule has 94 valence electrons. The lowest BCUT2D eigenvalue weighted by atomic mass is 10.0. The highest BCUT2D eigenvalue weighted by Crippen LogP contribution is 2.31. The molecule has 1 N–H and O–H groups in total. The Balaban J connectivity index is 2.59. The van der Waals surface area contributed by atoms with E-state index in [1.165, 1.54) is 18.3 Å². The summed E-state index contributed by atoms with van der Waals surface area (Å²) in [5, 5.41) is 0. The molecule has 0 amide bonds. The van der Waals surface area contributed by atoms with Crippen molar-refractivity contribution >= 4 is 0 Å². The van der Waals surface area contributed by atoms with Gasteiger partial charge in [0.25, 0.3) is 0 Å². The molecule has 1 heterocycles. The maximum absolute atomic E-state index is 13.0. The number of benzene rings is 1. The van der Waals surface area contributed by atoms with Gasteiger partial charge in [-0.3, -0.25) is 4.79 Å². The highest BCUT2D eigenvalue weighted by molar-refractivity contribution is 5.63. The quantitative estimate of drug-likeness (QED) is 0.782. The van der Waals surface area contributed by atoms with Crippen LogP contribution < -0.4 is 5.43 Å². The van der Waals surface area contributed by atoms with Crippen molar-refractivity contribution in [1.29, 1.82) is 0 Å². The number of aromatic nitrogens is 1. The molecule has 0 unspecified atom stereocenters. The van der Waals surface area contributed by atoms with Gasteiger partial charge in [-0.25, -0.2) is 4.39 Å². The Morgan fingerprint density at radius 2 is 1.83 bits per heavy atom. The molecule has 2 nitrogen and oxygen atoms in total. The number of pyridine rings is 1. The van der Waals surface area contributed by atoms with Crippen LogP contribution in [0.1, 0.15) is 5.56 Å². The van der Waals surface area contributed by atoms with Crippen molar-refractivity contribution in [3.8, 4) is 11.1 Å². The largest absolute Gasteiger partial charge is 0.416 e. The second-order valence-corrected chi connectivity index (χ2v) is 3.62. The van der Waals surface area contributed by atoms with Crippen molar-refractivity contribution in [1.82, 2.24) is 4.98 Å². The summed E-state index contributed by atoms with van der Waals surface area (Å²) in [6.45, 7) is 0. The minimum atomic E-state index is -4.50. The summed E-state index contributed by atoms with van der Waals surface area (Å²) in [5.41, 5.74) is -1.94. The molecule has 1 aromatic carbocycles. The van der Waals surface area contributed by atoms with Gasteiger partial charge in [0.05, 0.1) is 5.56 Å². The Hall–Kier alpha value is -2.11. The van der Waals surface area contributed by atoms with Crippen LogP contribution in [0.25, 0.3) is 11.1 Å². The third-order valence-electron chi connectivity index (χ3n) is 2.40. The molecular weight excluding hydrogens is 250 g/mol. The van der Waals surface area contributed by atoms with Crippen LogP contribution in [-0.4, -0.2) is 4.98 Å². The molecule has 0 fully saturated rings. The van der Waals surface area contributed by atoms with Crippen LogP contribution in [-0.2, 0) is 6.18 Å². The smallest absolute Gasteiger partial charge is 0.364 e. The predicted molar refractivity (Wildman–Crippen MR) is 57.5 cm³/mol. The zero-order valence-electron chi connectivity index (χ0n) is 8.88. The fraction of sp³-hybridized carbons (Fsp3) is 0.0833. The topological polar surface area (TPSA) is 32.9 Å². The second kappa shape index (κ2) is 4.29. The number of hydrogen-bond donors (Lipinski definition) is 1. The third kappa shape index (κ3) is 2.27. The average Bonchev–Trinajstić information content (AvgIpc) is 2.32. The van der Waals surface area contributed by atoms with Gasteiger partial charge in [-0.15, -0.1) is 0 Å². The van der Waals surface area contributed by atoms with E-state index in [0.29, 0.717) is 0 Å². The average molecular weight is 257 g/mol. The summed E-state index contributed by atoms with van der Waals surface area (Å²) in [6, 6.07) is 4.18. The zero-order valence-corrected chi connectivity index (χ0v) is 8.88. The molecule has 1 aromatic heterocycles. The maximum Gasteiger partial charge on any atom is 0.416 e. The normalized spacial score (nSPS) is 11.6. The summed E-state index contributed by atoms with van der Waals surface area (Å²) < 4.78 is 50.5. The highest BCUT2D eigenvalue weighted by atomic mass is 19.4. The van der Waals surface area contributed by atoms with Gasteiger partial charge in [-0.1, -0.05) is 12.1 Å². The molecule has 18 heavy (non-hydrogen) atoms. The Morgan fingerprint density at radius 3 is 2.50 bits per heavy atom. The van der Waals surface area contributed by atoms with E-state index in [4.69, 9.17) is 0 Å². The van der Waals surface area contributed by atoms with Gasteiger partial charge < -0.3 is 4.98 Å². The fourth-order valence-corrected chi connectivity index (χ4v) is 1.54. The van der Waals surface area contributed by atoms with E-state index in [-0.39, 0.29) is 11.1 Å². The molecule has 0 saturated carbocycles. The summed E-state index contributed by atoms with van der Waals surface area (Å²) in [7, 11) is 0. The first-order chi connectivity index (χ1) is 8.39. The lowest BCUT2D eigenvalue weighted by molar-refractivity contribution is -0.137. The Bertz CT molecular complexity index is 630. The number of H-pyrrole nitrogens is 1. The van der Waals surface area contributed by atoms with Crippen LogP contribution >= 0.6 is 0 Å². The number of halogens is 4. The lowest BCUT2D eigenvalue weighted by Crippen LogP contribution is -2.10. The maximum atomic E-state index is 13.0. The van der Waals surface area contributed by atoms with Gasteiger partial charge in [0.2, 0.25) is 5.43 Å². The van der Waals surface area contributed by atoms with Crippen LogP contribution in [0.2, 0.25) is 0 Å². The summed E-state index contributed by atoms with van der Waals surface area (Å²) in [5.74, 6) is -1.04. The highest BCUT2D eigenvalue weighted by Gasteiger charge is 2.30. The van der Waals surface area contributed by atoms with Crippen LogP contribution in [0.5, 0.6) is 0 Å². The van der Waals surface area contributed by atoms with Crippen molar-refractivity contribution in [2.24, 2.45) is 0 Å². The van der Waals surface area contributed by atoms with Gasteiger partial charge in [-0.05, 0) is 17.7 Å². The number of rotatable bonds is 1. The van der Waals surface area contributed by atoms with Gasteiger partial charge in [0.1, 0.15) is 0 Å². The van der Waals surface area contributed by atoms with Crippen molar-refractivity contribution in [3.63, 3.8) is 0 Å². The summed E-state index contributed by atoms with van der Waals surface area (Å²) in [6.07, 6.45) is -2.49. The number of alkyl halides is 3. The first kappa shape index (κ1) is 12.3. The van der Waals surface area contributed by atoms with Crippen molar-refractivity contribution in [3.05, 3.63) is 58.3 Å². The second-order valence-electron chi connectivity index (χ2n) is 3.62. The number of aromatic amines is 1. The van der Waals surface area contributed by atoms with E-state index in [1.54, 1.807) is 0 Å². The van der Waals surface area contributed by atoms with E-state index in [0.717, 1.165) is 18.3 Å². The van der Waals surface area contributed by atoms with E-state index >= 15 is 0 Å². The van der Waals surface area contributed by atoms with Crippen molar-refractivity contribution in [2.45, 2.75) is 6.18 Å². The van der Waals surface area contributed by atoms with E-state index in [9.17, 15) is 22.4 Å². The molecule has 0 saturated heterocycles. The van der Waals surface area contributed by atoms with Crippen LogP contribution in [0.3, 0.4) is 0 Å². The van der Waals surface area contributed by atoms with Crippen molar-refractivity contribution < 1.29 is 17.6 Å². The Kier molecular flexibility index (Phi) is 2.94. The zero-order chi connectivity index (χ0) is 13.3. The van der Waals surface area contributed by atoms with E-state index < -0.39 is 23.0 Å². The number of nitrogens with one attached hydrogen (secondary N) is 1. The van der Waals surface area contributed by atoms with Gasteiger partial charge in [0, 0.05) is 18.0 Å². The van der Waals surface area contributed by atoms with Gasteiger partial charge in [-0.2, -0.15) is 13.2 Å². The fourth-order valence-electron chi connectivity index (χ4n) is 1.54. The molecule has 0 atom stereocenters. The first-order valence-corrected chi connectivity index (χ1v) is 4.94. The minimum Gasteiger partial charge on any atom is -0.364 e. The number of hydrogen-bond acceptors (Lipinski definition) is 1. The van der Waals surface area contributed by atoms with E-state index in [2.05, 4.69) is 4.98 Å². The molecule has 0 aliphatic heterocycles. The van der Waals surface area contributed by atoms with Crippen molar-refractivity contribution in [2.75, 3.05) is 0 Å². The van der Waals surface area contributed by atoms with Crippen LogP contribution in [0.4, 0.5) is 17.6 Å². The molecular formula is C12H7F4NO. The van der Waals surface area contributed by atoms with Gasteiger partial charge >= 0.3 is 6.18 Å². The van der Waals surface area contributed by atoms with E-state index in [1.807, 2.05) is 0 Å². The standard InChI is InChI=1S/C12H7F4NO/c13-10-6-17-5-9(11(10)18)7-2-1-3-8(4-7)12(14,15)16/h1-6H,(H,17,18). The molecule has 0 aliphatic carbocycles. The monoisotopic (exact) mass is 257 g/mol. The summed E-state index contributed by atoms with van der Waals surface area (Å²) in [4.78, 5) is 13.8. The van der Waals surface area contributed by atoms with Gasteiger partial charge in [0.15, 0.2) is 5.82 Å². The predicted octanol–water partition coefficient (Wildman–Crippen LogP) is 3.20. The molecule has 0 spiro atoms. The lowest BCUT2D eigenvalue weighted by Gasteiger charge is -2.08. The molecule has 2 aromatic rings. The molecule has 0 aliphatic rings.